The van der Waals surface area contributed by atoms with Crippen LogP contribution in [0.4, 0.5) is 5.82 Å². The molecule has 0 saturated heterocycles. The van der Waals surface area contributed by atoms with Gasteiger partial charge in [-0.25, -0.2) is 9.97 Å². The van der Waals surface area contributed by atoms with Crippen LogP contribution in [0.1, 0.15) is 24.2 Å². The van der Waals surface area contributed by atoms with E-state index in [0.717, 1.165) is 41.5 Å². The Labute approximate surface area is 160 Å². The third-order valence-corrected chi connectivity index (χ3v) is 4.84. The van der Waals surface area contributed by atoms with Gasteiger partial charge in [0.1, 0.15) is 5.82 Å². The van der Waals surface area contributed by atoms with Crippen LogP contribution >= 0.6 is 0 Å². The van der Waals surface area contributed by atoms with Gasteiger partial charge in [0, 0.05) is 11.6 Å². The second kappa shape index (κ2) is 6.52. The maximum atomic E-state index is 11.6. The van der Waals surface area contributed by atoms with Crippen molar-refractivity contribution < 1.29 is 4.79 Å². The molecule has 3 aromatic heterocycles. The second-order valence-electron chi connectivity index (χ2n) is 6.94. The number of fused-ring (bicyclic) bond motifs is 1. The van der Waals surface area contributed by atoms with E-state index in [-0.39, 0.29) is 6.04 Å². The number of nitrogens with one attached hydrogen (secondary N) is 1. The van der Waals surface area contributed by atoms with Gasteiger partial charge >= 0.3 is 0 Å². The van der Waals surface area contributed by atoms with Gasteiger partial charge in [-0.3, -0.25) is 9.69 Å². The number of tetrazole rings is 1. The lowest BCUT2D eigenvalue weighted by Gasteiger charge is -2.16. The number of hydrogen-bond donors (Lipinski definition) is 1. The molecule has 1 aliphatic carbocycles. The van der Waals surface area contributed by atoms with Gasteiger partial charge in [0.05, 0.1) is 18.4 Å². The summed E-state index contributed by atoms with van der Waals surface area (Å²) in [6, 6.07) is 10.4. The maximum absolute atomic E-state index is 11.6. The van der Waals surface area contributed by atoms with Gasteiger partial charge in [0.15, 0.2) is 11.5 Å². The molecule has 1 saturated carbocycles. The highest BCUT2D eigenvalue weighted by atomic mass is 16.1. The summed E-state index contributed by atoms with van der Waals surface area (Å²) in [6.45, 7) is 2.37. The maximum Gasteiger partial charge on any atom is 0.215 e. The fraction of sp³-hybridized carbons (Fsp3) is 0.263. The van der Waals surface area contributed by atoms with Gasteiger partial charge in [-0.2, -0.15) is 4.80 Å². The normalized spacial score (nSPS) is 13.8. The van der Waals surface area contributed by atoms with E-state index in [1.165, 1.54) is 0 Å². The van der Waals surface area contributed by atoms with Crippen molar-refractivity contribution in [2.45, 2.75) is 32.4 Å². The highest BCUT2D eigenvalue weighted by molar-refractivity contribution is 5.93. The third-order valence-electron chi connectivity index (χ3n) is 4.84. The van der Waals surface area contributed by atoms with Gasteiger partial charge in [-0.15, -0.1) is 10.2 Å². The molecule has 1 aromatic carbocycles. The number of nitrogens with zero attached hydrogens (tertiary/aromatic N) is 7. The van der Waals surface area contributed by atoms with Gasteiger partial charge in [-0.1, -0.05) is 24.3 Å². The van der Waals surface area contributed by atoms with E-state index >= 15 is 0 Å². The van der Waals surface area contributed by atoms with Crippen molar-refractivity contribution in [2.75, 3.05) is 4.90 Å². The fourth-order valence-corrected chi connectivity index (χ4v) is 3.30. The summed E-state index contributed by atoms with van der Waals surface area (Å²) in [4.78, 5) is 26.9. The topological polar surface area (TPSA) is 105 Å². The molecule has 0 spiro atoms. The first kappa shape index (κ1) is 16.5. The molecular weight excluding hydrogens is 356 g/mol. The Balaban J connectivity index is 1.51. The number of aromatic nitrogens is 7. The molecule has 9 nitrogen and oxygen atoms in total. The Morgan fingerprint density at radius 2 is 2.11 bits per heavy atom. The molecular formula is C19H18N8O. The van der Waals surface area contributed by atoms with E-state index < -0.39 is 0 Å². The highest BCUT2D eigenvalue weighted by Gasteiger charge is 2.30. The Bertz CT molecular complexity index is 1140. The Kier molecular flexibility index (Phi) is 3.85. The molecule has 0 unspecified atom stereocenters. The number of carbonyl (C=O) groups is 1. The molecule has 0 bridgehead atoms. The number of anilines is 1. The lowest BCUT2D eigenvalue weighted by Crippen LogP contribution is -2.24. The van der Waals surface area contributed by atoms with Crippen molar-refractivity contribution in [1.82, 2.24) is 35.2 Å². The third kappa shape index (κ3) is 3.00. The zero-order valence-electron chi connectivity index (χ0n) is 15.3. The molecule has 28 heavy (non-hydrogen) atoms. The van der Waals surface area contributed by atoms with Crippen LogP contribution < -0.4 is 4.90 Å². The second-order valence-corrected chi connectivity index (χ2v) is 6.94. The number of hydrogen-bond acceptors (Lipinski definition) is 6. The zero-order valence-corrected chi connectivity index (χ0v) is 15.3. The predicted octanol–water partition coefficient (Wildman–Crippen LogP) is 2.09. The number of carbonyl (C=O) groups excluding carboxylic acids is 1. The van der Waals surface area contributed by atoms with Crippen LogP contribution in [0.25, 0.3) is 22.3 Å². The first-order valence-electron chi connectivity index (χ1n) is 9.13. The molecule has 1 aliphatic rings. The van der Waals surface area contributed by atoms with Crippen LogP contribution in [0.15, 0.2) is 36.7 Å². The monoisotopic (exact) mass is 374 g/mol. The van der Waals surface area contributed by atoms with Crippen molar-refractivity contribution in [3.63, 3.8) is 0 Å². The molecule has 5 rings (SSSR count). The van der Waals surface area contributed by atoms with Gasteiger partial charge in [0.2, 0.25) is 6.41 Å². The molecule has 0 aliphatic heterocycles. The lowest BCUT2D eigenvalue weighted by molar-refractivity contribution is -0.107. The smallest absolute Gasteiger partial charge is 0.215 e. The van der Waals surface area contributed by atoms with Gasteiger partial charge in [-0.05, 0) is 42.2 Å². The molecule has 1 fully saturated rings. The SMILES string of the molecule is Cc1nnn(Cc2ccc(-c3cc(N(C=O)C4CC4)nc4nc[nH]c34)cc2)n1. The molecule has 9 heteroatoms. The van der Waals surface area contributed by atoms with Crippen LogP contribution in [0.5, 0.6) is 0 Å². The van der Waals surface area contributed by atoms with Crippen LogP contribution in [-0.2, 0) is 11.3 Å². The molecule has 140 valence electrons. The number of aromatic amines is 1. The average molecular weight is 374 g/mol. The van der Waals surface area contributed by atoms with Crippen molar-refractivity contribution in [2.24, 2.45) is 0 Å². The minimum atomic E-state index is 0.246. The molecule has 1 amide bonds. The number of benzene rings is 1. The average Bonchev–Trinajstić information content (AvgIpc) is 3.27. The first-order valence-corrected chi connectivity index (χ1v) is 9.13. The Morgan fingerprint density at radius 1 is 1.29 bits per heavy atom. The van der Waals surface area contributed by atoms with E-state index in [0.29, 0.717) is 23.8 Å². The van der Waals surface area contributed by atoms with E-state index in [1.807, 2.05) is 37.3 Å². The summed E-state index contributed by atoms with van der Waals surface area (Å²) in [7, 11) is 0. The number of pyridine rings is 1. The Morgan fingerprint density at radius 3 is 2.79 bits per heavy atom. The number of H-pyrrole nitrogens is 1. The van der Waals surface area contributed by atoms with Crippen molar-refractivity contribution >= 4 is 23.4 Å². The van der Waals surface area contributed by atoms with E-state index in [4.69, 9.17) is 0 Å². The van der Waals surface area contributed by atoms with Crippen molar-refractivity contribution in [1.29, 1.82) is 0 Å². The summed E-state index contributed by atoms with van der Waals surface area (Å²) in [5.41, 5.74) is 4.51. The predicted molar refractivity (Wildman–Crippen MR) is 103 cm³/mol. The number of aryl methyl sites for hydroxylation is 1. The summed E-state index contributed by atoms with van der Waals surface area (Å²) in [6.07, 6.45) is 4.51. The summed E-state index contributed by atoms with van der Waals surface area (Å²) < 4.78 is 0. The van der Waals surface area contributed by atoms with Crippen LogP contribution in [-0.4, -0.2) is 47.6 Å². The zero-order chi connectivity index (χ0) is 19.1. The largest absolute Gasteiger partial charge is 0.343 e. The number of imidazole rings is 1. The summed E-state index contributed by atoms with van der Waals surface area (Å²) >= 11 is 0. The molecule has 1 N–H and O–H groups in total. The van der Waals surface area contributed by atoms with Gasteiger partial charge in [0.25, 0.3) is 0 Å². The van der Waals surface area contributed by atoms with Crippen LogP contribution in [0.3, 0.4) is 0 Å². The minimum Gasteiger partial charge on any atom is -0.343 e. The molecule has 4 aromatic rings. The van der Waals surface area contributed by atoms with Crippen molar-refractivity contribution in [3.05, 3.63) is 48.0 Å². The summed E-state index contributed by atoms with van der Waals surface area (Å²) in [5, 5.41) is 12.1. The van der Waals surface area contributed by atoms with Crippen LogP contribution in [0.2, 0.25) is 0 Å². The first-order chi connectivity index (χ1) is 13.7. The quantitative estimate of drug-likeness (QED) is 0.518. The Hall–Kier alpha value is -3.62. The molecule has 3 heterocycles. The number of rotatable bonds is 6. The van der Waals surface area contributed by atoms with E-state index in [9.17, 15) is 4.79 Å². The molecule has 0 atom stereocenters. The minimum absolute atomic E-state index is 0.246. The van der Waals surface area contributed by atoms with Gasteiger partial charge < -0.3 is 4.98 Å². The highest BCUT2D eigenvalue weighted by Crippen LogP contribution is 2.34. The lowest BCUT2D eigenvalue weighted by atomic mass is 10.0. The van der Waals surface area contributed by atoms with Crippen LogP contribution in [0, 0.1) is 6.92 Å². The van der Waals surface area contributed by atoms with E-state index in [2.05, 4.69) is 30.4 Å². The number of amides is 1. The molecule has 0 radical (unpaired) electrons. The van der Waals surface area contributed by atoms with Crippen molar-refractivity contribution in [3.8, 4) is 11.1 Å². The summed E-state index contributed by atoms with van der Waals surface area (Å²) in [5.74, 6) is 1.29. The standard InChI is InChI=1S/C19H18N8O/c1-12-23-25-27(24-12)9-13-2-4-14(5-3-13)16-8-17(26(11-28)15-6-7-15)22-19-18(16)20-10-21-19/h2-5,8,10-11,15H,6-7,9H2,1H3,(H,20,21,22). The van der Waals surface area contributed by atoms with E-state index in [1.54, 1.807) is 16.0 Å². The fourth-order valence-electron chi connectivity index (χ4n) is 3.30.